The van der Waals surface area contributed by atoms with Crippen molar-refractivity contribution in [3.05, 3.63) is 30.7 Å². The number of fused-ring (bicyclic) bond motifs is 1. The molecule has 1 fully saturated rings. The van der Waals surface area contributed by atoms with Crippen molar-refractivity contribution < 1.29 is 18.3 Å². The van der Waals surface area contributed by atoms with E-state index in [-0.39, 0.29) is 18.9 Å². The molecule has 8 nitrogen and oxygen atoms in total. The van der Waals surface area contributed by atoms with Crippen molar-refractivity contribution in [1.29, 1.82) is 0 Å². The van der Waals surface area contributed by atoms with E-state index >= 15 is 0 Å². The summed E-state index contributed by atoms with van der Waals surface area (Å²) in [4.78, 5) is 19.7. The summed E-state index contributed by atoms with van der Waals surface area (Å²) >= 11 is 0. The molecule has 0 unspecified atom stereocenters. The number of alkyl halides is 2. The van der Waals surface area contributed by atoms with Gasteiger partial charge in [-0.15, -0.1) is 0 Å². The minimum atomic E-state index is -2.58. The number of carbonyl (C=O) groups excluding carboxylic acids is 1. The largest absolute Gasteiger partial charge is 0.481 e. The van der Waals surface area contributed by atoms with Crippen LogP contribution >= 0.6 is 0 Å². The highest BCUT2D eigenvalue weighted by Crippen LogP contribution is 2.38. The van der Waals surface area contributed by atoms with Crippen molar-refractivity contribution in [1.82, 2.24) is 19.7 Å². The van der Waals surface area contributed by atoms with Gasteiger partial charge in [-0.25, -0.2) is 18.6 Å². The zero-order valence-electron chi connectivity index (χ0n) is 15.2. The van der Waals surface area contributed by atoms with Gasteiger partial charge in [0.2, 0.25) is 11.8 Å². The van der Waals surface area contributed by atoms with Crippen molar-refractivity contribution in [2.45, 2.75) is 37.6 Å². The Morgan fingerprint density at radius 1 is 1.32 bits per heavy atom. The number of hydrogen-bond acceptors (Lipinski definition) is 4. The van der Waals surface area contributed by atoms with Crippen LogP contribution in [-0.2, 0) is 0 Å². The number of hydrogen-bond donors (Lipinski definition) is 3. The average Bonchev–Trinajstić information content (AvgIpc) is 3.28. The number of amides is 2. The molecule has 0 atom stereocenters. The normalized spacial score (nSPS) is 16.8. The predicted molar refractivity (Wildman–Crippen MR) is 100.0 cm³/mol. The van der Waals surface area contributed by atoms with Gasteiger partial charge in [-0.3, -0.25) is 4.68 Å². The Bertz CT molecular complexity index is 989. The molecular weight excluding hydrogens is 370 g/mol. The van der Waals surface area contributed by atoms with Crippen LogP contribution in [0, 0.1) is 0 Å². The lowest BCUT2D eigenvalue weighted by Crippen LogP contribution is -2.26. The van der Waals surface area contributed by atoms with E-state index in [0.29, 0.717) is 35.6 Å². The molecule has 0 saturated heterocycles. The number of aromatic amines is 1. The van der Waals surface area contributed by atoms with Crippen LogP contribution in [0.25, 0.3) is 11.0 Å². The summed E-state index contributed by atoms with van der Waals surface area (Å²) in [7, 11) is 1.52. The number of halogens is 2. The molecule has 3 N–H and O–H groups in total. The maximum atomic E-state index is 13.3. The molecule has 28 heavy (non-hydrogen) atoms. The fourth-order valence-electron chi connectivity index (χ4n) is 3.37. The monoisotopic (exact) mass is 390 g/mol. The number of carbonyl (C=O) groups is 1. The van der Waals surface area contributed by atoms with Crippen LogP contribution in [0.15, 0.2) is 30.7 Å². The van der Waals surface area contributed by atoms with Crippen molar-refractivity contribution in [2.75, 3.05) is 17.7 Å². The average molecular weight is 390 g/mol. The van der Waals surface area contributed by atoms with E-state index in [2.05, 4.69) is 25.7 Å². The number of H-pyrrole nitrogens is 1. The van der Waals surface area contributed by atoms with Gasteiger partial charge in [0.1, 0.15) is 5.52 Å². The molecular formula is C18H20F2N6O2. The molecule has 1 saturated carbocycles. The van der Waals surface area contributed by atoms with E-state index in [4.69, 9.17) is 4.74 Å². The maximum absolute atomic E-state index is 13.3. The van der Waals surface area contributed by atoms with E-state index in [1.807, 2.05) is 6.07 Å². The van der Waals surface area contributed by atoms with E-state index in [9.17, 15) is 13.6 Å². The lowest BCUT2D eigenvalue weighted by molar-refractivity contribution is -0.0449. The first-order chi connectivity index (χ1) is 13.4. The molecule has 1 aliphatic rings. The number of nitrogens with one attached hydrogen (secondary N) is 3. The van der Waals surface area contributed by atoms with Gasteiger partial charge < -0.3 is 20.4 Å². The predicted octanol–water partition coefficient (Wildman–Crippen LogP) is 4.16. The first-order valence-electron chi connectivity index (χ1n) is 8.96. The first-order valence-corrected chi connectivity index (χ1v) is 8.96. The SMILES string of the molecule is COc1ccc2[nH]cc(NC(=O)Nc3cnn(C4CCC(F)(F)CC4)c3)c2n1. The molecule has 0 aliphatic heterocycles. The van der Waals surface area contributed by atoms with E-state index in [1.165, 1.54) is 13.3 Å². The second-order valence-corrected chi connectivity index (χ2v) is 6.83. The van der Waals surface area contributed by atoms with Crippen LogP contribution in [0.4, 0.5) is 25.0 Å². The van der Waals surface area contributed by atoms with Crippen LogP contribution < -0.4 is 15.4 Å². The molecule has 0 spiro atoms. The Labute approximate surface area is 159 Å². The van der Waals surface area contributed by atoms with Gasteiger partial charge in [0.05, 0.1) is 36.2 Å². The van der Waals surface area contributed by atoms with E-state index in [0.717, 1.165) is 5.52 Å². The van der Waals surface area contributed by atoms with Gasteiger partial charge in [-0.2, -0.15) is 5.10 Å². The Kier molecular flexibility index (Phi) is 4.62. The molecule has 0 aromatic carbocycles. The Hall–Kier alpha value is -3.17. The summed E-state index contributed by atoms with van der Waals surface area (Å²) in [6, 6.07) is 2.99. The highest BCUT2D eigenvalue weighted by Gasteiger charge is 2.35. The molecule has 0 radical (unpaired) electrons. The number of aromatic nitrogens is 4. The second kappa shape index (κ2) is 7.10. The fourth-order valence-corrected chi connectivity index (χ4v) is 3.37. The quantitative estimate of drug-likeness (QED) is 0.623. The zero-order valence-corrected chi connectivity index (χ0v) is 15.2. The third-order valence-corrected chi connectivity index (χ3v) is 4.87. The van der Waals surface area contributed by atoms with Gasteiger partial charge in [-0.1, -0.05) is 0 Å². The number of pyridine rings is 1. The molecule has 10 heteroatoms. The Morgan fingerprint density at radius 3 is 2.86 bits per heavy atom. The van der Waals surface area contributed by atoms with Crippen LogP contribution in [0.5, 0.6) is 5.88 Å². The lowest BCUT2D eigenvalue weighted by Gasteiger charge is -2.28. The van der Waals surface area contributed by atoms with Crippen LogP contribution in [0.2, 0.25) is 0 Å². The number of anilines is 2. The Morgan fingerprint density at radius 2 is 2.11 bits per heavy atom. The molecule has 148 valence electrons. The summed E-state index contributed by atoms with van der Waals surface area (Å²) in [6.07, 6.45) is 5.25. The van der Waals surface area contributed by atoms with E-state index < -0.39 is 12.0 Å². The summed E-state index contributed by atoms with van der Waals surface area (Å²) < 4.78 is 33.3. The van der Waals surface area contributed by atoms with Gasteiger partial charge in [0.15, 0.2) is 0 Å². The number of urea groups is 1. The lowest BCUT2D eigenvalue weighted by atomic mass is 9.92. The topological polar surface area (TPSA) is 96.9 Å². The smallest absolute Gasteiger partial charge is 0.323 e. The van der Waals surface area contributed by atoms with Gasteiger partial charge in [-0.05, 0) is 18.9 Å². The highest BCUT2D eigenvalue weighted by atomic mass is 19.3. The number of methoxy groups -OCH3 is 1. The molecule has 3 heterocycles. The molecule has 3 aromatic rings. The molecule has 0 bridgehead atoms. The van der Waals surface area contributed by atoms with Crippen LogP contribution in [0.1, 0.15) is 31.7 Å². The van der Waals surface area contributed by atoms with Crippen LogP contribution in [-0.4, -0.2) is 38.8 Å². The molecule has 2 amide bonds. The standard InChI is InChI=1S/C18H20F2N6O2/c1-28-15-3-2-13-16(25-15)14(9-21-13)24-17(27)23-11-8-22-26(10-11)12-4-6-18(19,20)7-5-12/h2-3,8-10,12,21H,4-7H2,1H3,(H2,23,24,27). The van der Waals surface area contributed by atoms with Crippen LogP contribution in [0.3, 0.4) is 0 Å². The van der Waals surface area contributed by atoms with Crippen molar-refractivity contribution >= 4 is 28.4 Å². The summed E-state index contributed by atoms with van der Waals surface area (Å²) in [5, 5.41) is 9.63. The number of rotatable bonds is 4. The van der Waals surface area contributed by atoms with Crippen molar-refractivity contribution in [3.63, 3.8) is 0 Å². The number of nitrogens with zero attached hydrogens (tertiary/aromatic N) is 3. The summed E-state index contributed by atoms with van der Waals surface area (Å²) in [5.74, 6) is -2.14. The third kappa shape index (κ3) is 3.75. The second-order valence-electron chi connectivity index (χ2n) is 6.83. The van der Waals surface area contributed by atoms with Crippen molar-refractivity contribution in [2.24, 2.45) is 0 Å². The number of ether oxygens (including phenoxy) is 1. The summed E-state index contributed by atoms with van der Waals surface area (Å²) in [5.41, 5.74) is 2.33. The van der Waals surface area contributed by atoms with Crippen molar-refractivity contribution in [3.8, 4) is 5.88 Å². The molecule has 1 aliphatic carbocycles. The fraction of sp³-hybridized carbons (Fsp3) is 0.389. The highest BCUT2D eigenvalue weighted by molar-refractivity contribution is 6.04. The summed E-state index contributed by atoms with van der Waals surface area (Å²) in [6.45, 7) is 0. The third-order valence-electron chi connectivity index (χ3n) is 4.87. The van der Waals surface area contributed by atoms with E-state index in [1.54, 1.807) is 23.1 Å². The van der Waals surface area contributed by atoms with Gasteiger partial charge >= 0.3 is 6.03 Å². The maximum Gasteiger partial charge on any atom is 0.323 e. The first kappa shape index (κ1) is 18.2. The minimum absolute atomic E-state index is 0.0801. The molecule has 3 aromatic heterocycles. The van der Waals surface area contributed by atoms with Gasteiger partial charge in [0, 0.05) is 31.3 Å². The Balaban J connectivity index is 1.40. The zero-order chi connectivity index (χ0) is 19.7. The van der Waals surface area contributed by atoms with Gasteiger partial charge in [0.25, 0.3) is 0 Å². The minimum Gasteiger partial charge on any atom is -0.481 e. The molecule has 4 rings (SSSR count).